The molecule has 2 aliphatic carbocycles. The first-order valence-electron chi connectivity index (χ1n) is 9.45. The third-order valence-electron chi connectivity index (χ3n) is 4.47. The molecule has 2 fully saturated rings. The van der Waals surface area contributed by atoms with Gasteiger partial charge in [-0.15, -0.1) is 0 Å². The van der Waals surface area contributed by atoms with Crippen LogP contribution in [-0.4, -0.2) is 37.3 Å². The first-order valence-corrected chi connectivity index (χ1v) is 9.45. The second-order valence-electron chi connectivity index (χ2n) is 6.84. The predicted octanol–water partition coefficient (Wildman–Crippen LogP) is 3.42. The van der Waals surface area contributed by atoms with Crippen molar-refractivity contribution in [1.29, 1.82) is 0 Å². The Labute approximate surface area is 149 Å². The molecule has 1 atom stereocenters. The summed E-state index contributed by atoms with van der Waals surface area (Å²) < 4.78 is 1.70. The van der Waals surface area contributed by atoms with Crippen LogP contribution < -0.4 is 10.6 Å². The minimum Gasteiger partial charge on any atom is -0.354 e. The zero-order valence-corrected chi connectivity index (χ0v) is 15.7. The van der Waals surface area contributed by atoms with Gasteiger partial charge in [-0.05, 0) is 56.9 Å². The largest absolute Gasteiger partial charge is 0.354 e. The first kappa shape index (κ1) is 17.6. The zero-order valence-electron chi connectivity index (χ0n) is 15.7. The topological polar surface area (TPSA) is 80.5 Å². The van der Waals surface area contributed by atoms with Gasteiger partial charge in [0.05, 0.1) is 6.20 Å². The molecule has 1 unspecified atom stereocenters. The molecule has 7 nitrogen and oxygen atoms in total. The van der Waals surface area contributed by atoms with Gasteiger partial charge in [0.1, 0.15) is 0 Å². The second kappa shape index (κ2) is 7.80. The summed E-state index contributed by atoms with van der Waals surface area (Å²) in [6.07, 6.45) is 8.91. The summed E-state index contributed by atoms with van der Waals surface area (Å²) in [6, 6.07) is 0.390. The predicted molar refractivity (Wildman–Crippen MR) is 100 cm³/mol. The number of aryl methyl sites for hydroxylation is 1. The lowest BCUT2D eigenvalue weighted by Gasteiger charge is -2.14. The van der Waals surface area contributed by atoms with Crippen molar-refractivity contribution in [3.63, 3.8) is 0 Å². The Bertz CT molecular complexity index is 688. The molecule has 2 aliphatic rings. The normalized spacial score (nSPS) is 17.4. The van der Waals surface area contributed by atoms with Crippen LogP contribution in [-0.2, 0) is 0 Å². The minimum atomic E-state index is 0.390. The first-order chi connectivity index (χ1) is 12.2. The van der Waals surface area contributed by atoms with Crippen LogP contribution in [0.25, 0.3) is 5.95 Å². The average molecular weight is 343 g/mol. The van der Waals surface area contributed by atoms with Gasteiger partial charge in [0.2, 0.25) is 11.9 Å². The average Bonchev–Trinajstić information content (AvgIpc) is 3.53. The van der Waals surface area contributed by atoms with Gasteiger partial charge < -0.3 is 10.6 Å². The van der Waals surface area contributed by atoms with Gasteiger partial charge in [0.15, 0.2) is 0 Å². The highest BCUT2D eigenvalue weighted by atomic mass is 15.4. The van der Waals surface area contributed by atoms with Crippen molar-refractivity contribution in [1.82, 2.24) is 24.7 Å². The van der Waals surface area contributed by atoms with E-state index in [1.165, 1.54) is 25.7 Å². The highest BCUT2D eigenvalue weighted by molar-refractivity contribution is 5.39. The van der Waals surface area contributed by atoms with Gasteiger partial charge in [-0.25, -0.2) is 4.68 Å². The van der Waals surface area contributed by atoms with Gasteiger partial charge >= 0.3 is 0 Å². The van der Waals surface area contributed by atoms with E-state index in [2.05, 4.69) is 37.6 Å². The number of aromatic nitrogens is 5. The van der Waals surface area contributed by atoms with E-state index in [0.717, 1.165) is 23.9 Å². The molecule has 2 aromatic heterocycles. The molecule has 0 aromatic carbocycles. The van der Waals surface area contributed by atoms with Crippen LogP contribution in [0.1, 0.15) is 52.0 Å². The molecule has 4 rings (SSSR count). The van der Waals surface area contributed by atoms with E-state index in [9.17, 15) is 0 Å². The Morgan fingerprint density at radius 2 is 1.84 bits per heavy atom. The Hall–Kier alpha value is -2.18. The van der Waals surface area contributed by atoms with Crippen LogP contribution in [0.4, 0.5) is 11.9 Å². The summed E-state index contributed by atoms with van der Waals surface area (Å²) in [5.41, 5.74) is 1.08. The molecule has 136 valence electrons. The number of anilines is 2. The van der Waals surface area contributed by atoms with Gasteiger partial charge in [-0.1, -0.05) is 13.8 Å². The molecule has 0 radical (unpaired) electrons. The number of rotatable bonds is 7. The smallest absolute Gasteiger partial charge is 0.257 e. The molecular formula is C18H29N7. The van der Waals surface area contributed by atoms with E-state index in [0.29, 0.717) is 23.9 Å². The van der Waals surface area contributed by atoms with Crippen molar-refractivity contribution < 1.29 is 0 Å². The summed E-state index contributed by atoms with van der Waals surface area (Å²) in [5.74, 6) is 3.31. The van der Waals surface area contributed by atoms with Gasteiger partial charge in [0, 0.05) is 18.8 Å². The second-order valence-corrected chi connectivity index (χ2v) is 6.84. The van der Waals surface area contributed by atoms with Crippen molar-refractivity contribution >= 4 is 11.9 Å². The van der Waals surface area contributed by atoms with E-state index >= 15 is 0 Å². The lowest BCUT2D eigenvalue weighted by molar-refractivity contribution is 0.681. The van der Waals surface area contributed by atoms with E-state index in [-0.39, 0.29) is 0 Å². The van der Waals surface area contributed by atoms with E-state index in [1.807, 2.05) is 27.0 Å². The molecular weight excluding hydrogens is 314 g/mol. The van der Waals surface area contributed by atoms with Crippen LogP contribution in [0.3, 0.4) is 0 Å². The molecule has 7 heteroatoms. The molecule has 0 saturated heterocycles. The van der Waals surface area contributed by atoms with E-state index in [1.54, 1.807) is 10.9 Å². The monoisotopic (exact) mass is 343 g/mol. The van der Waals surface area contributed by atoms with Gasteiger partial charge in [0.25, 0.3) is 5.95 Å². The molecule has 2 saturated carbocycles. The number of hydrogen-bond acceptors (Lipinski definition) is 6. The van der Waals surface area contributed by atoms with Crippen molar-refractivity contribution in [2.75, 3.05) is 17.2 Å². The summed E-state index contributed by atoms with van der Waals surface area (Å²) in [6.45, 7) is 9.13. The number of hydrogen-bond donors (Lipinski definition) is 2. The molecule has 2 aromatic rings. The Morgan fingerprint density at radius 1 is 1.12 bits per heavy atom. The lowest BCUT2D eigenvalue weighted by atomic mass is 10.2. The highest BCUT2D eigenvalue weighted by Gasteiger charge is 2.28. The minimum absolute atomic E-state index is 0.390. The zero-order chi connectivity index (χ0) is 17.8. The highest BCUT2D eigenvalue weighted by Crippen LogP contribution is 2.33. The van der Waals surface area contributed by atoms with Crippen molar-refractivity contribution in [3.8, 4) is 5.95 Å². The fourth-order valence-corrected chi connectivity index (χ4v) is 2.61. The Balaban J connectivity index is 0.000000880. The third kappa shape index (κ3) is 4.90. The van der Waals surface area contributed by atoms with Crippen molar-refractivity contribution in [2.45, 2.75) is 59.4 Å². The summed E-state index contributed by atoms with van der Waals surface area (Å²) >= 11 is 0. The molecule has 0 spiro atoms. The fourth-order valence-electron chi connectivity index (χ4n) is 2.61. The summed E-state index contributed by atoms with van der Waals surface area (Å²) in [4.78, 5) is 13.6. The van der Waals surface area contributed by atoms with Crippen molar-refractivity contribution in [2.24, 2.45) is 11.8 Å². The quantitative estimate of drug-likeness (QED) is 0.802. The molecule has 25 heavy (non-hydrogen) atoms. The number of nitrogens with one attached hydrogen (secondary N) is 2. The Kier molecular flexibility index (Phi) is 5.50. The third-order valence-corrected chi connectivity index (χ3v) is 4.47. The molecule has 0 amide bonds. The van der Waals surface area contributed by atoms with Crippen LogP contribution in [0.2, 0.25) is 0 Å². The summed E-state index contributed by atoms with van der Waals surface area (Å²) in [5, 5.41) is 11.1. The number of nitrogens with zero attached hydrogens (tertiary/aromatic N) is 5. The van der Waals surface area contributed by atoms with Crippen LogP contribution in [0.5, 0.6) is 0 Å². The standard InChI is InChI=1S/C16H23N7.C2H6/c1-10-7-18-23(9-10)16-21-14(17-8-12-3-4-12)20-15(22-16)19-11(2)13-5-6-13;1-2/h7,9,11-13H,3-6,8H2,1-2H3,(H2,17,19,20,21,22);1-2H3. The van der Waals surface area contributed by atoms with Crippen molar-refractivity contribution in [3.05, 3.63) is 18.0 Å². The Morgan fingerprint density at radius 3 is 2.44 bits per heavy atom. The lowest BCUT2D eigenvalue weighted by Crippen LogP contribution is -2.21. The summed E-state index contributed by atoms with van der Waals surface area (Å²) in [7, 11) is 0. The fraction of sp³-hybridized carbons (Fsp3) is 0.667. The maximum Gasteiger partial charge on any atom is 0.257 e. The van der Waals surface area contributed by atoms with Crippen LogP contribution in [0.15, 0.2) is 12.4 Å². The molecule has 2 heterocycles. The SMILES string of the molecule is CC.Cc1cnn(-c2nc(NCC3CC3)nc(NC(C)C3CC3)n2)c1. The molecule has 0 bridgehead atoms. The maximum atomic E-state index is 4.54. The molecule has 2 N–H and O–H groups in total. The van der Waals surface area contributed by atoms with Gasteiger partial charge in [-0.3, -0.25) is 0 Å². The van der Waals surface area contributed by atoms with Crippen LogP contribution >= 0.6 is 0 Å². The van der Waals surface area contributed by atoms with E-state index < -0.39 is 0 Å². The molecule has 0 aliphatic heterocycles. The van der Waals surface area contributed by atoms with E-state index in [4.69, 9.17) is 0 Å². The van der Waals surface area contributed by atoms with Crippen LogP contribution in [0, 0.1) is 18.8 Å². The van der Waals surface area contributed by atoms with Gasteiger partial charge in [-0.2, -0.15) is 20.1 Å². The maximum absolute atomic E-state index is 4.54.